The number of rotatable bonds is 7. The molecule has 4 rings (SSSR count). The van der Waals surface area contributed by atoms with Gasteiger partial charge in [0.15, 0.2) is 0 Å². The first kappa shape index (κ1) is 21.4. The van der Waals surface area contributed by atoms with Crippen LogP contribution in [0, 0.1) is 0 Å². The summed E-state index contributed by atoms with van der Waals surface area (Å²) >= 11 is 0. The Kier molecular flexibility index (Phi) is 6.08. The van der Waals surface area contributed by atoms with Crippen molar-refractivity contribution in [2.24, 2.45) is 0 Å². The molecule has 3 aromatic rings. The first-order valence-electron chi connectivity index (χ1n) is 10.8. The van der Waals surface area contributed by atoms with Crippen molar-refractivity contribution in [1.82, 2.24) is 0 Å². The van der Waals surface area contributed by atoms with Crippen LogP contribution in [-0.4, -0.2) is 17.9 Å². The predicted molar refractivity (Wildman–Crippen MR) is 128 cm³/mol. The van der Waals surface area contributed by atoms with Crippen molar-refractivity contribution in [3.05, 3.63) is 95.7 Å². The molecule has 0 saturated carbocycles. The van der Waals surface area contributed by atoms with Gasteiger partial charge in [-0.1, -0.05) is 49.4 Å². The van der Waals surface area contributed by atoms with Crippen LogP contribution in [0.3, 0.4) is 0 Å². The molecule has 0 spiro atoms. The quantitative estimate of drug-likeness (QED) is 0.512. The van der Waals surface area contributed by atoms with Crippen LogP contribution in [0.5, 0.6) is 5.75 Å². The standard InChI is InChI=1S/C27H26N2O3/c1-4-19-10-14-21(15-11-19)28-25-24(20-12-16-23(17-13-20)32-18(2)3)26(30)29(27(25)31)22-8-6-5-7-9-22/h5-18,28H,4H2,1-3H3. The van der Waals surface area contributed by atoms with Crippen molar-refractivity contribution in [3.63, 3.8) is 0 Å². The molecule has 1 heterocycles. The molecule has 0 radical (unpaired) electrons. The number of nitrogens with zero attached hydrogens (tertiary/aromatic N) is 1. The lowest BCUT2D eigenvalue weighted by Crippen LogP contribution is -2.32. The summed E-state index contributed by atoms with van der Waals surface area (Å²) in [5.74, 6) is -0.0182. The monoisotopic (exact) mass is 426 g/mol. The molecular formula is C27H26N2O3. The van der Waals surface area contributed by atoms with E-state index >= 15 is 0 Å². The molecule has 0 unspecified atom stereocenters. The molecule has 0 fully saturated rings. The molecular weight excluding hydrogens is 400 g/mol. The van der Waals surface area contributed by atoms with Gasteiger partial charge in [0.2, 0.25) is 0 Å². The van der Waals surface area contributed by atoms with Crippen LogP contribution in [0.1, 0.15) is 31.9 Å². The second kappa shape index (κ2) is 9.10. The van der Waals surface area contributed by atoms with Crippen LogP contribution in [-0.2, 0) is 16.0 Å². The van der Waals surface area contributed by atoms with Crippen LogP contribution in [0.4, 0.5) is 11.4 Å². The fourth-order valence-electron chi connectivity index (χ4n) is 3.67. The summed E-state index contributed by atoms with van der Waals surface area (Å²) in [6, 6.07) is 24.1. The zero-order chi connectivity index (χ0) is 22.7. The van der Waals surface area contributed by atoms with E-state index in [4.69, 9.17) is 4.74 Å². The van der Waals surface area contributed by atoms with E-state index in [1.807, 2.05) is 80.6 Å². The maximum atomic E-state index is 13.5. The maximum Gasteiger partial charge on any atom is 0.282 e. The first-order valence-corrected chi connectivity index (χ1v) is 10.8. The second-order valence-corrected chi connectivity index (χ2v) is 7.90. The number of benzene rings is 3. The minimum absolute atomic E-state index is 0.0478. The van der Waals surface area contributed by atoms with E-state index in [0.717, 1.165) is 12.1 Å². The van der Waals surface area contributed by atoms with Gasteiger partial charge in [-0.25, -0.2) is 4.90 Å². The molecule has 1 N–H and O–H groups in total. The molecule has 32 heavy (non-hydrogen) atoms. The molecule has 0 saturated heterocycles. The number of hydrogen-bond acceptors (Lipinski definition) is 4. The summed E-state index contributed by atoms with van der Waals surface area (Å²) in [6.45, 7) is 6.00. The number of anilines is 2. The van der Waals surface area contributed by atoms with E-state index in [9.17, 15) is 9.59 Å². The van der Waals surface area contributed by atoms with E-state index in [1.54, 1.807) is 12.1 Å². The Morgan fingerprint density at radius 2 is 1.50 bits per heavy atom. The number of imide groups is 1. The Bertz CT molecular complexity index is 1150. The van der Waals surface area contributed by atoms with Gasteiger partial charge >= 0.3 is 0 Å². The number of ether oxygens (including phenoxy) is 1. The number of carbonyl (C=O) groups excluding carboxylic acids is 2. The summed E-state index contributed by atoms with van der Waals surface area (Å²) in [5.41, 5.74) is 3.76. The molecule has 162 valence electrons. The summed E-state index contributed by atoms with van der Waals surface area (Å²) in [4.78, 5) is 28.1. The molecule has 0 atom stereocenters. The molecule has 1 aliphatic rings. The smallest absolute Gasteiger partial charge is 0.282 e. The summed E-state index contributed by atoms with van der Waals surface area (Å²) in [6.07, 6.45) is 0.977. The normalized spacial score (nSPS) is 13.8. The van der Waals surface area contributed by atoms with E-state index in [-0.39, 0.29) is 23.6 Å². The maximum absolute atomic E-state index is 13.5. The lowest BCUT2D eigenvalue weighted by atomic mass is 10.0. The van der Waals surface area contributed by atoms with Crippen molar-refractivity contribution in [2.45, 2.75) is 33.3 Å². The Balaban J connectivity index is 1.75. The lowest BCUT2D eigenvalue weighted by Gasteiger charge is -2.15. The Morgan fingerprint density at radius 3 is 2.09 bits per heavy atom. The van der Waals surface area contributed by atoms with Gasteiger partial charge in [-0.3, -0.25) is 9.59 Å². The Labute approximate surface area is 188 Å². The van der Waals surface area contributed by atoms with E-state index in [1.165, 1.54) is 10.5 Å². The van der Waals surface area contributed by atoms with Gasteiger partial charge in [0.05, 0.1) is 17.4 Å². The third-order valence-electron chi connectivity index (χ3n) is 5.24. The van der Waals surface area contributed by atoms with Crippen molar-refractivity contribution in [3.8, 4) is 5.75 Å². The van der Waals surface area contributed by atoms with E-state index < -0.39 is 0 Å². The largest absolute Gasteiger partial charge is 0.491 e. The predicted octanol–water partition coefficient (Wildman–Crippen LogP) is 5.43. The van der Waals surface area contributed by atoms with Crippen LogP contribution in [0.25, 0.3) is 5.57 Å². The zero-order valence-electron chi connectivity index (χ0n) is 18.5. The van der Waals surface area contributed by atoms with Gasteiger partial charge < -0.3 is 10.1 Å². The average molecular weight is 427 g/mol. The van der Waals surface area contributed by atoms with Crippen molar-refractivity contribution in [2.75, 3.05) is 10.2 Å². The molecule has 5 heteroatoms. The number of nitrogens with one attached hydrogen (secondary N) is 1. The van der Waals surface area contributed by atoms with Gasteiger partial charge in [0, 0.05) is 5.69 Å². The SMILES string of the molecule is CCc1ccc(NC2=C(c3ccc(OC(C)C)cc3)C(=O)N(c3ccccc3)C2=O)cc1. The molecule has 0 aromatic heterocycles. The Morgan fingerprint density at radius 1 is 0.844 bits per heavy atom. The summed E-state index contributed by atoms with van der Waals surface area (Å²) in [7, 11) is 0. The molecule has 2 amide bonds. The molecule has 0 aliphatic carbocycles. The minimum atomic E-state index is -0.377. The van der Waals surface area contributed by atoms with Crippen molar-refractivity contribution in [1.29, 1.82) is 0 Å². The van der Waals surface area contributed by atoms with Crippen LogP contribution in [0.2, 0.25) is 0 Å². The molecule has 5 nitrogen and oxygen atoms in total. The summed E-state index contributed by atoms with van der Waals surface area (Å²) < 4.78 is 5.72. The zero-order valence-corrected chi connectivity index (χ0v) is 18.5. The van der Waals surface area contributed by atoms with Crippen molar-refractivity contribution >= 4 is 28.8 Å². The van der Waals surface area contributed by atoms with Gasteiger partial charge in [-0.05, 0) is 67.8 Å². The third-order valence-corrected chi connectivity index (χ3v) is 5.24. The summed E-state index contributed by atoms with van der Waals surface area (Å²) in [5, 5.41) is 3.20. The highest BCUT2D eigenvalue weighted by atomic mass is 16.5. The highest BCUT2D eigenvalue weighted by Gasteiger charge is 2.40. The molecule has 0 bridgehead atoms. The topological polar surface area (TPSA) is 58.6 Å². The molecule has 3 aromatic carbocycles. The van der Waals surface area contributed by atoms with E-state index in [0.29, 0.717) is 22.6 Å². The third kappa shape index (κ3) is 4.28. The number of carbonyl (C=O) groups is 2. The van der Waals surface area contributed by atoms with Crippen LogP contribution in [0.15, 0.2) is 84.6 Å². The highest BCUT2D eigenvalue weighted by molar-refractivity contribution is 6.46. The fourth-order valence-corrected chi connectivity index (χ4v) is 3.67. The van der Waals surface area contributed by atoms with Gasteiger partial charge in [0.25, 0.3) is 11.8 Å². The number of para-hydroxylation sites is 1. The fraction of sp³-hybridized carbons (Fsp3) is 0.185. The number of aryl methyl sites for hydroxylation is 1. The minimum Gasteiger partial charge on any atom is -0.491 e. The number of amides is 2. The van der Waals surface area contributed by atoms with Crippen molar-refractivity contribution < 1.29 is 14.3 Å². The lowest BCUT2D eigenvalue weighted by molar-refractivity contribution is -0.120. The van der Waals surface area contributed by atoms with E-state index in [2.05, 4.69) is 12.2 Å². The number of hydrogen-bond donors (Lipinski definition) is 1. The Hall–Kier alpha value is -3.86. The average Bonchev–Trinajstić information content (AvgIpc) is 3.04. The highest BCUT2D eigenvalue weighted by Crippen LogP contribution is 2.34. The van der Waals surface area contributed by atoms with Gasteiger partial charge in [-0.15, -0.1) is 0 Å². The van der Waals surface area contributed by atoms with Gasteiger partial charge in [0.1, 0.15) is 11.4 Å². The van der Waals surface area contributed by atoms with Crippen LogP contribution < -0.4 is 15.0 Å². The second-order valence-electron chi connectivity index (χ2n) is 7.90. The molecule has 1 aliphatic heterocycles. The van der Waals surface area contributed by atoms with Gasteiger partial charge in [-0.2, -0.15) is 0 Å². The first-order chi connectivity index (χ1) is 15.5. The van der Waals surface area contributed by atoms with Crippen LogP contribution >= 0.6 is 0 Å².